The zero-order chi connectivity index (χ0) is 4.12. The van der Waals surface area contributed by atoms with Crippen LogP contribution in [0.3, 0.4) is 0 Å². The second kappa shape index (κ2) is 2.85. The molecule has 0 fully saturated rings. The molecule has 5 heavy (non-hydrogen) atoms. The van der Waals surface area contributed by atoms with Gasteiger partial charge in [-0.3, -0.25) is 0 Å². The summed E-state index contributed by atoms with van der Waals surface area (Å²) in [6, 6.07) is 0. The molecule has 0 aromatic carbocycles. The summed E-state index contributed by atoms with van der Waals surface area (Å²) in [4.78, 5) is 3.65. The van der Waals surface area contributed by atoms with E-state index in [-0.39, 0.29) is 0 Å². The molecular weight excluding hydrogens is 66.0 g/mol. The molecule has 0 heterocycles. The van der Waals surface area contributed by atoms with Crippen LogP contribution >= 0.6 is 0 Å². The summed E-state index contributed by atoms with van der Waals surface area (Å²) in [7, 11) is 0. The normalized spacial score (nSPS) is 3.60. The molecule has 0 N–H and O–H groups in total. The Labute approximate surface area is 30.1 Å². The second-order valence-corrected chi connectivity index (χ2v) is 0.300. The van der Waals surface area contributed by atoms with E-state index in [0.717, 1.165) is 0 Å². The van der Waals surface area contributed by atoms with E-state index in [1.165, 1.54) is 0 Å². The fourth-order valence-electron chi connectivity index (χ4n) is 0.0264. The first-order chi connectivity index (χ1) is 2.41. The van der Waals surface area contributed by atoms with Crippen molar-refractivity contribution in [1.82, 2.24) is 0 Å². The van der Waals surface area contributed by atoms with Gasteiger partial charge in [-0.2, -0.15) is 0 Å². The molecule has 0 bridgehead atoms. The van der Waals surface area contributed by atoms with E-state index < -0.39 is 0 Å². The molecule has 0 aromatic heterocycles. The number of rotatable bonds is 0. The van der Waals surface area contributed by atoms with Crippen LogP contribution < -0.4 is 0 Å². The predicted molar refractivity (Wildman–Crippen MR) is 16.5 cm³/mol. The molecule has 0 atom stereocenters. The smallest absolute Gasteiger partial charge is 0.150 e. The van der Waals surface area contributed by atoms with Crippen LogP contribution in [0, 0.1) is 19.1 Å². The Balaban J connectivity index is 2.86. The first-order valence-corrected chi connectivity index (χ1v) is 0.899. The van der Waals surface area contributed by atoms with E-state index in [2.05, 4.69) is 16.3 Å². The van der Waals surface area contributed by atoms with E-state index in [1.54, 1.807) is 6.11 Å². The summed E-state index contributed by atoms with van der Waals surface area (Å²) in [6.07, 6.45) is 6.12. The topological polar surface area (TPSA) is 13.6 Å². The summed E-state index contributed by atoms with van der Waals surface area (Å²) in [5.41, 5.74) is 0. The average Bonchev–Trinajstić information content (AvgIpc) is 1.41. The van der Waals surface area contributed by atoms with Gasteiger partial charge in [-0.1, -0.05) is 6.42 Å². The summed E-state index contributed by atoms with van der Waals surface area (Å²) in [5.74, 6) is 0. The highest BCUT2D eigenvalue weighted by Gasteiger charge is 1.54. The van der Waals surface area contributed by atoms with Crippen LogP contribution in [0.15, 0.2) is 0 Å². The number of nitrogens with zero attached hydrogens (tertiary/aromatic N) is 1. The van der Waals surface area contributed by atoms with Gasteiger partial charge in [0.25, 0.3) is 0 Å². The van der Waals surface area contributed by atoms with E-state index in [1.807, 2.05) is 0 Å². The van der Waals surface area contributed by atoms with Crippen molar-refractivity contribution in [2.45, 2.75) is 0 Å². The lowest BCUT2D eigenvalue weighted by atomic mass is 11.3. The van der Waals surface area contributed by atoms with E-state index in [9.17, 15) is 0 Å². The zero-order valence-electron chi connectivity index (χ0n) is 2.43. The highest BCUT2D eigenvalue weighted by Crippen LogP contribution is 1.59. The molecule has 0 aliphatic carbocycles. The summed E-state index contributed by atoms with van der Waals surface area (Å²) in [6.45, 7) is 5.86. The standard InChI is InChI=1S/C3HNO/c1-3-5-4-2/h1H. The molecule has 0 saturated carbocycles. The molecule has 24 valence electrons. The van der Waals surface area contributed by atoms with Gasteiger partial charge in [0.1, 0.15) is 0 Å². The van der Waals surface area contributed by atoms with E-state index >= 15 is 0 Å². The van der Waals surface area contributed by atoms with Crippen LogP contribution in [0.25, 0.3) is 5.01 Å². The van der Waals surface area contributed by atoms with Gasteiger partial charge in [-0.25, -0.2) is 0 Å². The minimum Gasteiger partial charge on any atom is -0.150 e. The van der Waals surface area contributed by atoms with Crippen LogP contribution in [-0.2, 0) is 4.84 Å². The first kappa shape index (κ1) is 3.85. The third-order valence-electron chi connectivity index (χ3n) is 0.0983. The van der Waals surface area contributed by atoms with Crippen molar-refractivity contribution in [3.8, 4) is 12.5 Å². The van der Waals surface area contributed by atoms with Crippen LogP contribution in [0.2, 0.25) is 0 Å². The molecule has 0 aliphatic rings. The highest BCUT2D eigenvalue weighted by atomic mass is 16.6. The molecule has 2 nitrogen and oxygen atoms in total. The monoisotopic (exact) mass is 67.0 g/mol. The van der Waals surface area contributed by atoms with Crippen molar-refractivity contribution >= 4 is 0 Å². The SMILES string of the molecule is [C-]#[N+]OC#C. The largest absolute Gasteiger partial charge is 0.210 e. The maximum absolute atomic E-state index is 5.86. The Morgan fingerprint density at radius 1 is 2.00 bits per heavy atom. The van der Waals surface area contributed by atoms with Gasteiger partial charge >= 0.3 is 0 Å². The van der Waals surface area contributed by atoms with Crippen LogP contribution in [0.1, 0.15) is 0 Å². The Kier molecular flexibility index (Phi) is 2.19. The molecule has 0 unspecified atom stereocenters. The molecule has 0 radical (unpaired) electrons. The summed E-state index contributed by atoms with van der Waals surface area (Å²) >= 11 is 0. The molecule has 0 aromatic rings. The van der Waals surface area contributed by atoms with Crippen LogP contribution in [0.4, 0.5) is 0 Å². The lowest BCUT2D eigenvalue weighted by molar-refractivity contribution is 0.432. The van der Waals surface area contributed by atoms with Crippen molar-refractivity contribution in [2.75, 3.05) is 0 Å². The van der Waals surface area contributed by atoms with Gasteiger partial charge in [0.05, 0.1) is 0 Å². The number of hydrogen-bond donors (Lipinski definition) is 0. The van der Waals surface area contributed by atoms with Gasteiger partial charge in [0, 0.05) is 0 Å². The minimum absolute atomic E-state index is 1.66. The van der Waals surface area contributed by atoms with Gasteiger partial charge in [-0.15, -0.1) is 11.4 Å². The van der Waals surface area contributed by atoms with E-state index in [4.69, 9.17) is 6.57 Å². The molecule has 0 rings (SSSR count). The molecule has 0 saturated heterocycles. The Bertz CT molecular complexity index is 72.0. The van der Waals surface area contributed by atoms with Gasteiger partial charge in [0.15, 0.2) is 0 Å². The molecular formula is C3HNO. The number of hydrogen-bond acceptors (Lipinski definition) is 1. The minimum atomic E-state index is 1.66. The van der Waals surface area contributed by atoms with Crippen molar-refractivity contribution in [3.63, 3.8) is 0 Å². The van der Waals surface area contributed by atoms with Gasteiger partial charge < -0.3 is 0 Å². The lowest BCUT2D eigenvalue weighted by Gasteiger charge is -1.54. The van der Waals surface area contributed by atoms with E-state index in [0.29, 0.717) is 0 Å². The molecule has 0 amide bonds. The first-order valence-electron chi connectivity index (χ1n) is 0.899. The average molecular weight is 67.0 g/mol. The Morgan fingerprint density at radius 3 is 2.60 bits per heavy atom. The Morgan fingerprint density at radius 2 is 2.60 bits per heavy atom. The van der Waals surface area contributed by atoms with Gasteiger partial charge in [-0.05, 0) is 5.01 Å². The third-order valence-corrected chi connectivity index (χ3v) is 0.0983. The molecule has 0 spiro atoms. The fourth-order valence-corrected chi connectivity index (χ4v) is 0.0264. The van der Waals surface area contributed by atoms with Crippen LogP contribution in [0.5, 0.6) is 0 Å². The zero-order valence-corrected chi connectivity index (χ0v) is 2.43. The quantitative estimate of drug-likeness (QED) is 0.227. The van der Waals surface area contributed by atoms with Gasteiger partial charge in [0.2, 0.25) is 6.11 Å². The molecule has 2 heteroatoms. The molecule has 0 aliphatic heterocycles. The van der Waals surface area contributed by atoms with Crippen molar-refractivity contribution < 1.29 is 4.84 Å². The highest BCUT2D eigenvalue weighted by molar-refractivity contribution is 4.68. The van der Waals surface area contributed by atoms with Crippen molar-refractivity contribution in [3.05, 3.63) is 11.6 Å². The third kappa shape index (κ3) is 2.85. The lowest BCUT2D eigenvalue weighted by Crippen LogP contribution is -1.49. The van der Waals surface area contributed by atoms with Crippen molar-refractivity contribution in [1.29, 1.82) is 0 Å². The second-order valence-electron chi connectivity index (χ2n) is 0.300. The van der Waals surface area contributed by atoms with Crippen molar-refractivity contribution in [2.24, 2.45) is 0 Å². The maximum Gasteiger partial charge on any atom is 0.210 e. The summed E-state index contributed by atoms with van der Waals surface area (Å²) < 4.78 is 0. The van der Waals surface area contributed by atoms with Crippen LogP contribution in [-0.4, -0.2) is 0 Å². The Hall–Kier alpha value is -1.15. The maximum atomic E-state index is 5.86. The fraction of sp³-hybridized carbons (Fsp3) is 0. The number of terminal acetylenes is 1. The summed E-state index contributed by atoms with van der Waals surface area (Å²) in [5, 5.41) is 2.37. The predicted octanol–water partition coefficient (Wildman–Crippen LogP) is 0.428.